The van der Waals surface area contributed by atoms with Crippen molar-refractivity contribution in [3.63, 3.8) is 0 Å². The van der Waals surface area contributed by atoms with Gasteiger partial charge >= 0.3 is 5.97 Å². The Bertz CT molecular complexity index is 726. The third-order valence-electron chi connectivity index (χ3n) is 5.18. The van der Waals surface area contributed by atoms with E-state index in [1.807, 2.05) is 18.2 Å². The molecule has 0 unspecified atom stereocenters. The lowest BCUT2D eigenvalue weighted by atomic mass is 10.0. The molecule has 2 aliphatic heterocycles. The molecule has 0 bridgehead atoms. The van der Waals surface area contributed by atoms with E-state index in [-0.39, 0.29) is 24.5 Å². The number of nitrogens with one attached hydrogen (secondary N) is 1. The lowest BCUT2D eigenvalue weighted by Crippen LogP contribution is -2.50. The molecule has 1 N–H and O–H groups in total. The van der Waals surface area contributed by atoms with Crippen molar-refractivity contribution in [1.82, 2.24) is 13.9 Å². The molecular weight excluding hydrogens is 366 g/mol. The molecule has 2 heterocycles. The van der Waals surface area contributed by atoms with E-state index in [0.717, 1.165) is 19.5 Å². The van der Waals surface area contributed by atoms with Crippen molar-refractivity contribution in [1.29, 1.82) is 0 Å². The summed E-state index contributed by atoms with van der Waals surface area (Å²) in [4.78, 5) is 14.2. The smallest absolute Gasteiger partial charge is 0.310 e. The summed E-state index contributed by atoms with van der Waals surface area (Å²) in [5.41, 5.74) is 1.23. The summed E-state index contributed by atoms with van der Waals surface area (Å²) in [6, 6.07) is 10.1. The Labute approximate surface area is 161 Å². The van der Waals surface area contributed by atoms with Crippen LogP contribution in [0.1, 0.15) is 31.7 Å². The fourth-order valence-corrected chi connectivity index (χ4v) is 5.32. The normalized spacial score (nSPS) is 24.8. The van der Waals surface area contributed by atoms with E-state index >= 15 is 0 Å². The third kappa shape index (κ3) is 5.51. The van der Waals surface area contributed by atoms with Crippen LogP contribution in [-0.2, 0) is 26.3 Å². The standard InChI is InChI=1S/C19H29N3O4S/c1-2-26-19(23)17-9-6-11-22(14-17)27(24,25)20-18-10-12-21(15-18)13-16-7-4-3-5-8-16/h3-5,7-8,17-18,20H,2,6,9-15H2,1H3/t17-,18-/m0/s1. The minimum Gasteiger partial charge on any atom is -0.466 e. The summed E-state index contributed by atoms with van der Waals surface area (Å²) in [7, 11) is -3.60. The highest BCUT2D eigenvalue weighted by Gasteiger charge is 2.35. The number of esters is 1. The van der Waals surface area contributed by atoms with Crippen molar-refractivity contribution >= 4 is 16.2 Å². The zero-order valence-corrected chi connectivity index (χ0v) is 16.7. The van der Waals surface area contributed by atoms with Gasteiger partial charge in [0.2, 0.25) is 0 Å². The average Bonchev–Trinajstić information content (AvgIpc) is 3.09. The van der Waals surface area contributed by atoms with Crippen LogP contribution >= 0.6 is 0 Å². The Hall–Kier alpha value is -1.48. The summed E-state index contributed by atoms with van der Waals surface area (Å²) < 4.78 is 34.8. The molecule has 0 spiro atoms. The van der Waals surface area contributed by atoms with Crippen LogP contribution in [0.25, 0.3) is 0 Å². The summed E-state index contributed by atoms with van der Waals surface area (Å²) in [6.07, 6.45) is 2.15. The van der Waals surface area contributed by atoms with Crippen LogP contribution in [-0.4, -0.2) is 62.4 Å². The SMILES string of the molecule is CCOC(=O)[C@H]1CCCN(S(=O)(=O)N[C@H]2CCN(Cc3ccccc3)C2)C1. The van der Waals surface area contributed by atoms with Crippen molar-refractivity contribution in [2.75, 3.05) is 32.8 Å². The van der Waals surface area contributed by atoms with Gasteiger partial charge in [-0.05, 0) is 31.7 Å². The monoisotopic (exact) mass is 395 g/mol. The second-order valence-electron chi connectivity index (χ2n) is 7.28. The van der Waals surface area contributed by atoms with Gasteiger partial charge in [-0.25, -0.2) is 0 Å². The second-order valence-corrected chi connectivity index (χ2v) is 8.98. The van der Waals surface area contributed by atoms with Gasteiger partial charge in [-0.15, -0.1) is 0 Å². The molecular formula is C19H29N3O4S. The highest BCUT2D eigenvalue weighted by Crippen LogP contribution is 2.21. The Kier molecular flexibility index (Phi) is 6.86. The first-order valence-electron chi connectivity index (χ1n) is 9.68. The van der Waals surface area contributed by atoms with Gasteiger partial charge in [0, 0.05) is 38.8 Å². The first-order valence-corrected chi connectivity index (χ1v) is 11.1. The minimum absolute atomic E-state index is 0.0957. The molecule has 27 heavy (non-hydrogen) atoms. The number of carbonyl (C=O) groups is 1. The lowest BCUT2D eigenvalue weighted by Gasteiger charge is -2.31. The Morgan fingerprint density at radius 2 is 1.96 bits per heavy atom. The molecule has 7 nitrogen and oxygen atoms in total. The predicted molar refractivity (Wildman–Crippen MR) is 103 cm³/mol. The van der Waals surface area contributed by atoms with Crippen LogP contribution < -0.4 is 4.72 Å². The summed E-state index contributed by atoms with van der Waals surface area (Å²) in [5.74, 6) is -0.666. The summed E-state index contributed by atoms with van der Waals surface area (Å²) in [5, 5.41) is 0. The Balaban J connectivity index is 1.53. The second kappa shape index (κ2) is 9.14. The van der Waals surface area contributed by atoms with Crippen molar-refractivity contribution in [2.45, 2.75) is 38.8 Å². The third-order valence-corrected chi connectivity index (χ3v) is 6.82. The van der Waals surface area contributed by atoms with Crippen LogP contribution in [0.2, 0.25) is 0 Å². The fourth-order valence-electron chi connectivity index (χ4n) is 3.81. The number of nitrogens with zero attached hydrogens (tertiary/aromatic N) is 2. The Morgan fingerprint density at radius 1 is 1.19 bits per heavy atom. The molecule has 2 atom stereocenters. The van der Waals surface area contributed by atoms with Gasteiger partial charge in [-0.3, -0.25) is 9.69 Å². The van der Waals surface area contributed by atoms with Gasteiger partial charge in [0.15, 0.2) is 0 Å². The number of rotatable bonds is 7. The first-order chi connectivity index (χ1) is 13.0. The fraction of sp³-hybridized carbons (Fsp3) is 0.632. The summed E-state index contributed by atoms with van der Waals surface area (Å²) >= 11 is 0. The maximum atomic E-state index is 12.8. The molecule has 8 heteroatoms. The quantitative estimate of drug-likeness (QED) is 0.706. The number of hydrogen-bond acceptors (Lipinski definition) is 5. The van der Waals surface area contributed by atoms with Crippen LogP contribution in [0.5, 0.6) is 0 Å². The predicted octanol–water partition coefficient (Wildman–Crippen LogP) is 1.37. The zero-order valence-electron chi connectivity index (χ0n) is 15.8. The number of carbonyl (C=O) groups excluding carboxylic acids is 1. The van der Waals surface area contributed by atoms with Gasteiger partial charge in [0.25, 0.3) is 10.2 Å². The number of piperidine rings is 1. The molecule has 0 radical (unpaired) electrons. The number of benzene rings is 1. The molecule has 0 saturated carbocycles. The van der Waals surface area contributed by atoms with Gasteiger partial charge in [0.1, 0.15) is 0 Å². The maximum Gasteiger partial charge on any atom is 0.310 e. The van der Waals surface area contributed by atoms with Crippen molar-refractivity contribution < 1.29 is 17.9 Å². The molecule has 0 amide bonds. The van der Waals surface area contributed by atoms with E-state index in [0.29, 0.717) is 32.5 Å². The zero-order chi connectivity index (χ0) is 19.3. The van der Waals surface area contributed by atoms with Crippen LogP contribution in [0.3, 0.4) is 0 Å². The number of ether oxygens (including phenoxy) is 1. The highest BCUT2D eigenvalue weighted by molar-refractivity contribution is 7.87. The van der Waals surface area contributed by atoms with Gasteiger partial charge in [0.05, 0.1) is 12.5 Å². The molecule has 1 aromatic rings. The van der Waals surface area contributed by atoms with E-state index in [1.165, 1.54) is 9.87 Å². The van der Waals surface area contributed by atoms with Crippen LogP contribution in [0, 0.1) is 5.92 Å². The number of hydrogen-bond donors (Lipinski definition) is 1. The topological polar surface area (TPSA) is 78.9 Å². The van der Waals surface area contributed by atoms with Crippen molar-refractivity contribution in [3.8, 4) is 0 Å². The average molecular weight is 396 g/mol. The van der Waals surface area contributed by atoms with Gasteiger partial charge < -0.3 is 4.74 Å². The lowest BCUT2D eigenvalue weighted by molar-refractivity contribution is -0.149. The molecule has 2 saturated heterocycles. The van der Waals surface area contributed by atoms with E-state index < -0.39 is 10.2 Å². The molecule has 3 rings (SSSR count). The minimum atomic E-state index is -3.60. The number of likely N-dealkylation sites (tertiary alicyclic amines) is 1. The molecule has 1 aromatic carbocycles. The molecule has 150 valence electrons. The first kappa shape index (κ1) is 20.3. The highest BCUT2D eigenvalue weighted by atomic mass is 32.2. The van der Waals surface area contributed by atoms with E-state index in [1.54, 1.807) is 6.92 Å². The Morgan fingerprint density at radius 3 is 2.70 bits per heavy atom. The molecule has 2 aliphatic rings. The molecule has 0 aromatic heterocycles. The molecule has 2 fully saturated rings. The van der Waals surface area contributed by atoms with Crippen molar-refractivity contribution in [2.24, 2.45) is 5.92 Å². The molecule has 0 aliphatic carbocycles. The van der Waals surface area contributed by atoms with E-state index in [4.69, 9.17) is 4.74 Å². The largest absolute Gasteiger partial charge is 0.466 e. The summed E-state index contributed by atoms with van der Waals surface area (Å²) in [6.45, 7) is 5.13. The van der Waals surface area contributed by atoms with Crippen molar-refractivity contribution in [3.05, 3.63) is 35.9 Å². The van der Waals surface area contributed by atoms with E-state index in [2.05, 4.69) is 21.8 Å². The van der Waals surface area contributed by atoms with Crippen LogP contribution in [0.4, 0.5) is 0 Å². The van der Waals surface area contributed by atoms with E-state index in [9.17, 15) is 13.2 Å². The van der Waals surface area contributed by atoms with Gasteiger partial charge in [-0.1, -0.05) is 30.3 Å². The maximum absolute atomic E-state index is 12.8. The van der Waals surface area contributed by atoms with Gasteiger partial charge in [-0.2, -0.15) is 17.4 Å². The van der Waals surface area contributed by atoms with Crippen LogP contribution in [0.15, 0.2) is 30.3 Å².